The van der Waals surface area contributed by atoms with E-state index in [1.165, 1.54) is 0 Å². The molecule has 1 amide bonds. The first-order valence-corrected chi connectivity index (χ1v) is 7.77. The van der Waals surface area contributed by atoms with Gasteiger partial charge in [0.15, 0.2) is 0 Å². The van der Waals surface area contributed by atoms with E-state index in [-0.39, 0.29) is 5.91 Å². The van der Waals surface area contributed by atoms with Crippen LogP contribution in [0.3, 0.4) is 0 Å². The van der Waals surface area contributed by atoms with Gasteiger partial charge in [0, 0.05) is 10.2 Å². The fourth-order valence-corrected chi connectivity index (χ4v) is 3.57. The van der Waals surface area contributed by atoms with E-state index in [2.05, 4.69) is 21.2 Å². The van der Waals surface area contributed by atoms with Crippen molar-refractivity contribution in [3.63, 3.8) is 0 Å². The Labute approximate surface area is 133 Å². The Bertz CT molecular complexity index is 585. The van der Waals surface area contributed by atoms with Crippen LogP contribution in [0.4, 0.5) is 5.69 Å². The molecule has 21 heavy (non-hydrogen) atoms. The number of benzene rings is 1. The van der Waals surface area contributed by atoms with Crippen molar-refractivity contribution in [3.05, 3.63) is 28.7 Å². The molecule has 0 bridgehead atoms. The molecule has 0 aliphatic heterocycles. The maximum Gasteiger partial charge on any atom is 0.307 e. The van der Waals surface area contributed by atoms with Crippen LogP contribution < -0.4 is 5.32 Å². The normalized spacial score (nSPS) is 27.3. The lowest BCUT2D eigenvalue weighted by Crippen LogP contribution is -2.45. The Balaban J connectivity index is 2.24. The number of hydrogen-bond acceptors (Lipinski definition) is 2. The average Bonchev–Trinajstić information content (AvgIpc) is 2.61. The van der Waals surface area contributed by atoms with Gasteiger partial charge in [-0.05, 0) is 36.5 Å². The highest BCUT2D eigenvalue weighted by Crippen LogP contribution is 2.56. The van der Waals surface area contributed by atoms with E-state index < -0.39 is 22.7 Å². The molecule has 2 N–H and O–H groups in total. The first-order valence-electron chi connectivity index (χ1n) is 6.98. The average molecular weight is 354 g/mol. The minimum atomic E-state index is -0.820. The smallest absolute Gasteiger partial charge is 0.307 e. The number of aliphatic carboxylic acids is 1. The van der Waals surface area contributed by atoms with Gasteiger partial charge in [0.25, 0.3) is 0 Å². The van der Waals surface area contributed by atoms with Crippen molar-refractivity contribution in [3.8, 4) is 0 Å². The molecular weight excluding hydrogens is 334 g/mol. The molecule has 114 valence electrons. The van der Waals surface area contributed by atoms with Crippen LogP contribution in [0.25, 0.3) is 0 Å². The summed E-state index contributed by atoms with van der Waals surface area (Å²) in [6.45, 7) is 5.61. The summed E-state index contributed by atoms with van der Waals surface area (Å²) in [6.07, 6.45) is 1.11. The van der Waals surface area contributed by atoms with E-state index in [0.29, 0.717) is 18.5 Å². The number of amides is 1. The Morgan fingerprint density at radius 3 is 2.52 bits per heavy atom. The highest BCUT2D eigenvalue weighted by Gasteiger charge is 2.58. The molecule has 1 aliphatic carbocycles. The van der Waals surface area contributed by atoms with Gasteiger partial charge < -0.3 is 10.4 Å². The molecule has 1 aromatic carbocycles. The Morgan fingerprint density at radius 2 is 2.00 bits per heavy atom. The van der Waals surface area contributed by atoms with Gasteiger partial charge in [0.2, 0.25) is 5.91 Å². The number of carboxylic acid groups (broad SMARTS) is 1. The predicted molar refractivity (Wildman–Crippen MR) is 85.0 cm³/mol. The summed E-state index contributed by atoms with van der Waals surface area (Å²) < 4.78 is 0.888. The fourth-order valence-electron chi connectivity index (χ4n) is 3.17. The zero-order valence-electron chi connectivity index (χ0n) is 12.4. The van der Waals surface area contributed by atoms with E-state index in [1.807, 2.05) is 45.0 Å². The van der Waals surface area contributed by atoms with E-state index >= 15 is 0 Å². The molecule has 2 rings (SSSR count). The number of carbonyl (C=O) groups is 2. The zero-order chi connectivity index (χ0) is 15.8. The van der Waals surface area contributed by atoms with Crippen LogP contribution in [0.15, 0.2) is 28.7 Å². The summed E-state index contributed by atoms with van der Waals surface area (Å²) in [5.74, 6) is -1.43. The second-order valence-corrected chi connectivity index (χ2v) is 7.36. The summed E-state index contributed by atoms with van der Waals surface area (Å²) in [5.41, 5.74) is -0.571. The van der Waals surface area contributed by atoms with E-state index in [4.69, 9.17) is 0 Å². The maximum atomic E-state index is 12.7. The second-order valence-electron chi connectivity index (χ2n) is 6.45. The predicted octanol–water partition coefficient (Wildman–Crippen LogP) is 3.91. The third-order valence-corrected chi connectivity index (χ3v) is 5.60. The molecule has 0 saturated heterocycles. The second kappa shape index (κ2) is 5.44. The van der Waals surface area contributed by atoms with Crippen molar-refractivity contribution in [1.82, 2.24) is 0 Å². The van der Waals surface area contributed by atoms with Crippen molar-refractivity contribution < 1.29 is 14.7 Å². The largest absolute Gasteiger partial charge is 0.481 e. The molecule has 4 nitrogen and oxygen atoms in total. The first kappa shape index (κ1) is 16.0. The van der Waals surface area contributed by atoms with Crippen LogP contribution in [-0.2, 0) is 9.59 Å². The highest BCUT2D eigenvalue weighted by molar-refractivity contribution is 9.10. The first-order chi connectivity index (χ1) is 9.68. The van der Waals surface area contributed by atoms with Crippen LogP contribution in [0, 0.1) is 16.7 Å². The van der Waals surface area contributed by atoms with Gasteiger partial charge in [-0.3, -0.25) is 9.59 Å². The topological polar surface area (TPSA) is 66.4 Å². The SMILES string of the molecule is CC1(C(=O)Nc2cccc(Br)c2)CCC(C(=O)O)C1(C)C. The number of rotatable bonds is 3. The van der Waals surface area contributed by atoms with Crippen molar-refractivity contribution >= 4 is 33.5 Å². The quantitative estimate of drug-likeness (QED) is 0.865. The van der Waals surface area contributed by atoms with E-state index in [0.717, 1.165) is 4.47 Å². The van der Waals surface area contributed by atoms with Crippen LogP contribution in [0.2, 0.25) is 0 Å². The lowest BCUT2D eigenvalue weighted by Gasteiger charge is -2.39. The van der Waals surface area contributed by atoms with Crippen molar-refractivity contribution in [2.45, 2.75) is 33.6 Å². The number of anilines is 1. The standard InChI is InChI=1S/C16H20BrNO3/c1-15(2)12(13(19)20)7-8-16(15,3)14(21)18-11-6-4-5-10(17)9-11/h4-6,9,12H,7-8H2,1-3H3,(H,18,21)(H,19,20). The van der Waals surface area contributed by atoms with Gasteiger partial charge in [-0.2, -0.15) is 0 Å². The highest BCUT2D eigenvalue weighted by atomic mass is 79.9. The fraction of sp³-hybridized carbons (Fsp3) is 0.500. The molecule has 0 heterocycles. The van der Waals surface area contributed by atoms with Crippen LogP contribution in [-0.4, -0.2) is 17.0 Å². The van der Waals surface area contributed by atoms with Crippen molar-refractivity contribution in [2.75, 3.05) is 5.32 Å². The minimum Gasteiger partial charge on any atom is -0.481 e. The molecule has 2 atom stereocenters. The Hall–Kier alpha value is -1.36. The van der Waals surface area contributed by atoms with Gasteiger partial charge in [-0.1, -0.05) is 42.8 Å². The molecule has 1 aliphatic rings. The molecule has 1 aromatic rings. The summed E-state index contributed by atoms with van der Waals surface area (Å²) in [7, 11) is 0. The molecular formula is C16H20BrNO3. The van der Waals surface area contributed by atoms with Crippen molar-refractivity contribution in [1.29, 1.82) is 0 Å². The zero-order valence-corrected chi connectivity index (χ0v) is 14.0. The summed E-state index contributed by atoms with van der Waals surface area (Å²) in [5, 5.41) is 12.3. The molecule has 0 spiro atoms. The number of hydrogen-bond donors (Lipinski definition) is 2. The lowest BCUT2D eigenvalue weighted by atomic mass is 9.65. The third kappa shape index (κ3) is 2.71. The van der Waals surface area contributed by atoms with Crippen LogP contribution in [0.5, 0.6) is 0 Å². The minimum absolute atomic E-state index is 0.116. The molecule has 1 saturated carbocycles. The van der Waals surface area contributed by atoms with Crippen LogP contribution in [0.1, 0.15) is 33.6 Å². The number of nitrogens with one attached hydrogen (secondary N) is 1. The molecule has 1 fully saturated rings. The van der Waals surface area contributed by atoms with Gasteiger partial charge in [-0.15, -0.1) is 0 Å². The van der Waals surface area contributed by atoms with Gasteiger partial charge in [0.05, 0.1) is 11.3 Å². The Morgan fingerprint density at radius 1 is 1.33 bits per heavy atom. The summed E-state index contributed by atoms with van der Waals surface area (Å²) in [6, 6.07) is 7.39. The van der Waals surface area contributed by atoms with Crippen molar-refractivity contribution in [2.24, 2.45) is 16.7 Å². The van der Waals surface area contributed by atoms with Crippen LogP contribution >= 0.6 is 15.9 Å². The Kier molecular flexibility index (Phi) is 4.15. The van der Waals surface area contributed by atoms with E-state index in [1.54, 1.807) is 0 Å². The maximum absolute atomic E-state index is 12.7. The molecule has 0 radical (unpaired) electrons. The lowest BCUT2D eigenvalue weighted by molar-refractivity contribution is -0.147. The number of halogens is 1. The number of carbonyl (C=O) groups excluding carboxylic acids is 1. The molecule has 0 aromatic heterocycles. The van der Waals surface area contributed by atoms with E-state index in [9.17, 15) is 14.7 Å². The molecule has 5 heteroatoms. The van der Waals surface area contributed by atoms with Gasteiger partial charge in [0.1, 0.15) is 0 Å². The van der Waals surface area contributed by atoms with Gasteiger partial charge >= 0.3 is 5.97 Å². The third-order valence-electron chi connectivity index (χ3n) is 5.11. The summed E-state index contributed by atoms with van der Waals surface area (Å²) in [4.78, 5) is 24.1. The number of carboxylic acids is 1. The summed E-state index contributed by atoms with van der Waals surface area (Å²) >= 11 is 3.37. The molecule has 2 unspecified atom stereocenters. The van der Waals surface area contributed by atoms with Gasteiger partial charge in [-0.25, -0.2) is 0 Å². The monoisotopic (exact) mass is 353 g/mol.